The maximum absolute atomic E-state index is 5.27. The van der Waals surface area contributed by atoms with Crippen LogP contribution >= 0.6 is 22.7 Å². The van der Waals surface area contributed by atoms with E-state index in [0.29, 0.717) is 0 Å². The van der Waals surface area contributed by atoms with Gasteiger partial charge in [0, 0.05) is 13.0 Å². The Hall–Kier alpha value is -0.980. The Morgan fingerprint density at radius 3 is 3.06 bits per heavy atom. The Morgan fingerprint density at radius 1 is 1.44 bits per heavy atom. The molecular weight excluding hydrogens is 242 g/mol. The molecule has 6 heteroatoms. The molecule has 0 saturated heterocycles. The Balaban J connectivity index is 2.18. The number of ether oxygens (including phenoxy) is 1. The standard InChI is InChI=1S/C10H13N3OS2/c1-11-5-3-8-12-13-10(16-8)9-7(14-2)4-6-15-9/h4,6,11H,3,5H2,1-2H3. The van der Waals surface area contributed by atoms with Crippen LogP contribution in [0.5, 0.6) is 5.75 Å². The van der Waals surface area contributed by atoms with Crippen molar-refractivity contribution in [2.45, 2.75) is 6.42 Å². The molecule has 0 aliphatic rings. The van der Waals surface area contributed by atoms with Crippen molar-refractivity contribution in [2.75, 3.05) is 20.7 Å². The van der Waals surface area contributed by atoms with Gasteiger partial charge < -0.3 is 10.1 Å². The zero-order valence-electron chi connectivity index (χ0n) is 9.19. The van der Waals surface area contributed by atoms with Gasteiger partial charge in [0.25, 0.3) is 0 Å². The largest absolute Gasteiger partial charge is 0.495 e. The quantitative estimate of drug-likeness (QED) is 0.888. The van der Waals surface area contributed by atoms with E-state index in [1.165, 1.54) is 0 Å². The van der Waals surface area contributed by atoms with Crippen LogP contribution in [0.4, 0.5) is 0 Å². The second-order valence-corrected chi connectivity index (χ2v) is 5.15. The number of rotatable bonds is 5. The lowest BCUT2D eigenvalue weighted by Crippen LogP contribution is -2.09. The summed E-state index contributed by atoms with van der Waals surface area (Å²) < 4.78 is 5.27. The molecule has 0 amide bonds. The van der Waals surface area contributed by atoms with E-state index >= 15 is 0 Å². The van der Waals surface area contributed by atoms with Crippen LogP contribution in [-0.4, -0.2) is 30.9 Å². The summed E-state index contributed by atoms with van der Waals surface area (Å²) in [6, 6.07) is 1.95. The minimum atomic E-state index is 0.876. The molecule has 0 saturated carbocycles. The highest BCUT2D eigenvalue weighted by atomic mass is 32.1. The van der Waals surface area contributed by atoms with Gasteiger partial charge in [0.1, 0.15) is 15.6 Å². The third-order valence-corrected chi connectivity index (χ3v) is 4.13. The molecule has 0 bridgehead atoms. The highest BCUT2D eigenvalue weighted by Crippen LogP contribution is 2.36. The Kier molecular flexibility index (Phi) is 3.87. The Morgan fingerprint density at radius 2 is 2.31 bits per heavy atom. The van der Waals surface area contributed by atoms with Crippen LogP contribution in [0, 0.1) is 0 Å². The van der Waals surface area contributed by atoms with Gasteiger partial charge in [-0.1, -0.05) is 11.3 Å². The molecule has 86 valence electrons. The molecule has 0 unspecified atom stereocenters. The first kappa shape index (κ1) is 11.5. The number of methoxy groups -OCH3 is 1. The van der Waals surface area contributed by atoms with Crippen molar-refractivity contribution < 1.29 is 4.74 Å². The van der Waals surface area contributed by atoms with Crippen molar-refractivity contribution in [3.63, 3.8) is 0 Å². The average Bonchev–Trinajstić information content (AvgIpc) is 2.94. The van der Waals surface area contributed by atoms with Gasteiger partial charge in [0.2, 0.25) is 0 Å². The van der Waals surface area contributed by atoms with Crippen molar-refractivity contribution in [3.05, 3.63) is 16.5 Å². The Bertz CT molecular complexity index is 452. The zero-order chi connectivity index (χ0) is 11.4. The summed E-state index contributed by atoms with van der Waals surface area (Å²) in [4.78, 5) is 1.07. The molecular formula is C10H13N3OS2. The highest BCUT2D eigenvalue weighted by molar-refractivity contribution is 7.21. The van der Waals surface area contributed by atoms with Crippen LogP contribution in [0.15, 0.2) is 11.4 Å². The van der Waals surface area contributed by atoms with E-state index in [4.69, 9.17) is 4.74 Å². The van der Waals surface area contributed by atoms with Crippen LogP contribution in [0.1, 0.15) is 5.01 Å². The van der Waals surface area contributed by atoms with Crippen molar-refractivity contribution in [1.82, 2.24) is 15.5 Å². The fourth-order valence-electron chi connectivity index (χ4n) is 1.29. The highest BCUT2D eigenvalue weighted by Gasteiger charge is 2.12. The molecule has 0 fully saturated rings. The SMILES string of the molecule is CNCCc1nnc(-c2sccc2OC)s1. The van der Waals surface area contributed by atoms with E-state index < -0.39 is 0 Å². The summed E-state index contributed by atoms with van der Waals surface area (Å²) in [5, 5.41) is 15.5. The maximum atomic E-state index is 5.27. The predicted molar refractivity (Wildman–Crippen MR) is 67.4 cm³/mol. The van der Waals surface area contributed by atoms with Crippen LogP contribution in [0.3, 0.4) is 0 Å². The van der Waals surface area contributed by atoms with E-state index in [1.54, 1.807) is 29.8 Å². The normalized spacial score (nSPS) is 10.6. The van der Waals surface area contributed by atoms with Crippen LogP contribution in [-0.2, 0) is 6.42 Å². The zero-order valence-corrected chi connectivity index (χ0v) is 10.8. The molecule has 0 atom stereocenters. The summed E-state index contributed by atoms with van der Waals surface area (Å²) in [6.07, 6.45) is 0.919. The van der Waals surface area contributed by atoms with Gasteiger partial charge >= 0.3 is 0 Å². The van der Waals surface area contributed by atoms with Crippen LogP contribution in [0.2, 0.25) is 0 Å². The predicted octanol–water partition coefficient (Wildman–Crippen LogP) is 2.04. The summed E-state index contributed by atoms with van der Waals surface area (Å²) in [6.45, 7) is 0.927. The molecule has 2 aromatic heterocycles. The lowest BCUT2D eigenvalue weighted by molar-refractivity contribution is 0.418. The van der Waals surface area contributed by atoms with Crippen molar-refractivity contribution in [3.8, 4) is 15.6 Å². The first-order valence-corrected chi connectivity index (χ1v) is 6.63. The fourth-order valence-corrected chi connectivity index (χ4v) is 3.08. The van der Waals surface area contributed by atoms with Gasteiger partial charge in [-0.3, -0.25) is 0 Å². The smallest absolute Gasteiger partial charge is 0.161 e. The van der Waals surface area contributed by atoms with E-state index in [2.05, 4.69) is 15.5 Å². The van der Waals surface area contributed by atoms with Gasteiger partial charge in [-0.05, 0) is 18.5 Å². The van der Waals surface area contributed by atoms with E-state index in [-0.39, 0.29) is 0 Å². The molecule has 2 rings (SSSR count). The maximum Gasteiger partial charge on any atom is 0.161 e. The van der Waals surface area contributed by atoms with Gasteiger partial charge in [0.05, 0.1) is 7.11 Å². The molecule has 0 aliphatic heterocycles. The molecule has 0 aliphatic carbocycles. The molecule has 0 radical (unpaired) electrons. The number of thiophene rings is 1. The minimum absolute atomic E-state index is 0.876. The monoisotopic (exact) mass is 255 g/mol. The lowest BCUT2D eigenvalue weighted by Gasteiger charge is -1.96. The van der Waals surface area contributed by atoms with Crippen LogP contribution < -0.4 is 10.1 Å². The van der Waals surface area contributed by atoms with Gasteiger partial charge in [0.15, 0.2) is 5.01 Å². The number of aromatic nitrogens is 2. The van der Waals surface area contributed by atoms with Gasteiger partial charge in [-0.25, -0.2) is 0 Å². The number of nitrogens with zero attached hydrogens (tertiary/aromatic N) is 2. The van der Waals surface area contributed by atoms with Crippen molar-refractivity contribution in [1.29, 1.82) is 0 Å². The summed E-state index contributed by atoms with van der Waals surface area (Å²) in [7, 11) is 3.61. The summed E-state index contributed by atoms with van der Waals surface area (Å²) in [5.74, 6) is 0.876. The summed E-state index contributed by atoms with van der Waals surface area (Å²) >= 11 is 3.26. The lowest BCUT2D eigenvalue weighted by atomic mass is 10.4. The van der Waals surface area contributed by atoms with E-state index in [0.717, 1.165) is 33.6 Å². The number of hydrogen-bond acceptors (Lipinski definition) is 6. The second-order valence-electron chi connectivity index (χ2n) is 3.17. The van der Waals surface area contributed by atoms with E-state index in [9.17, 15) is 0 Å². The molecule has 1 N–H and O–H groups in total. The van der Waals surface area contributed by atoms with Crippen molar-refractivity contribution >= 4 is 22.7 Å². The third-order valence-electron chi connectivity index (χ3n) is 2.10. The first-order valence-electron chi connectivity index (χ1n) is 4.94. The molecule has 0 spiro atoms. The number of nitrogens with one attached hydrogen (secondary N) is 1. The Labute approximate surface area is 102 Å². The van der Waals surface area contributed by atoms with E-state index in [1.807, 2.05) is 18.5 Å². The number of likely N-dealkylation sites (N-methyl/N-ethyl adjacent to an activating group) is 1. The fraction of sp³-hybridized carbons (Fsp3) is 0.400. The van der Waals surface area contributed by atoms with Crippen molar-refractivity contribution in [2.24, 2.45) is 0 Å². The first-order chi connectivity index (χ1) is 7.85. The molecule has 16 heavy (non-hydrogen) atoms. The van der Waals surface area contributed by atoms with Gasteiger partial charge in [-0.2, -0.15) is 0 Å². The molecule has 4 nitrogen and oxygen atoms in total. The second kappa shape index (κ2) is 5.38. The molecule has 2 aromatic rings. The third kappa shape index (κ3) is 2.40. The summed E-state index contributed by atoms with van der Waals surface area (Å²) in [5.41, 5.74) is 0. The van der Waals surface area contributed by atoms with Gasteiger partial charge in [-0.15, -0.1) is 21.5 Å². The topological polar surface area (TPSA) is 47.0 Å². The average molecular weight is 255 g/mol. The number of hydrogen-bond donors (Lipinski definition) is 1. The molecule has 2 heterocycles. The molecule has 0 aromatic carbocycles. The minimum Gasteiger partial charge on any atom is -0.495 e. The van der Waals surface area contributed by atoms with Crippen LogP contribution in [0.25, 0.3) is 9.88 Å².